The second kappa shape index (κ2) is 31.0. The topological polar surface area (TPSA) is 321 Å². The highest BCUT2D eigenvalue weighted by Crippen LogP contribution is 2.38. The second-order valence-corrected chi connectivity index (χ2v) is 31.9. The first-order valence-corrected chi connectivity index (χ1v) is 36.5. The van der Waals surface area contributed by atoms with Gasteiger partial charge >= 0.3 is 18.3 Å². The Labute approximate surface area is 592 Å². The fourth-order valence-corrected chi connectivity index (χ4v) is 15.9. The number of carbonyl (C=O) groups is 4. The van der Waals surface area contributed by atoms with Crippen molar-refractivity contribution in [3.8, 4) is 0 Å². The highest BCUT2D eigenvalue weighted by Gasteiger charge is 2.39. The van der Waals surface area contributed by atoms with Gasteiger partial charge in [-0.1, -0.05) is 0 Å². The smallest absolute Gasteiger partial charge is 0.410 e. The van der Waals surface area contributed by atoms with Gasteiger partial charge in [-0.25, -0.2) is 58.3 Å². The summed E-state index contributed by atoms with van der Waals surface area (Å²) in [6, 6.07) is 2.62. The number of hydrogen-bond acceptors (Lipinski definition) is 21. The van der Waals surface area contributed by atoms with E-state index in [2.05, 4.69) is 143 Å². The Morgan fingerprint density at radius 3 is 1.04 bits per heavy atom. The van der Waals surface area contributed by atoms with E-state index < -0.39 is 11.2 Å². The summed E-state index contributed by atoms with van der Waals surface area (Å²) in [4.78, 5) is 84.1. The molecule has 3 saturated carbocycles. The number of carbonyl (C=O) groups excluding carboxylic acids is 4. The number of fused-ring (bicyclic) bond motifs is 3. The molecule has 0 bridgehead atoms. The van der Waals surface area contributed by atoms with E-state index in [0.717, 1.165) is 154 Å². The first-order chi connectivity index (χ1) is 44.3. The van der Waals surface area contributed by atoms with Gasteiger partial charge in [-0.3, -0.25) is 14.6 Å². The summed E-state index contributed by atoms with van der Waals surface area (Å²) in [6.45, 7) is 29.3. The number of hydrogen-bond donors (Lipinski definition) is 3. The standard InChI is InChI=1S/2C21H32IN7O2.C11H12IN5O.C11H21NO2/c2*1-13-11-27(9-10-28(13)20(30)31-21(2,3)4)14-5-7-15(8-6-14)29-19-16(17(22)26-29)18(23)24-12-25-19;12-9-8-10(13)14-5-15-11(8)17(16-9)6-1-3-7(18)4-2-6;1-9-7-5-6-8-12(9)10(13)14-11(2,3)4/h2*12-15H,5-11H2,1-4H3,(H2,23,24,25);5-6H,1-4H2,(H2,13,14,15);9H,5-8H2,1-4H3/t2*13-,14?,15?;;9-/m00.0/s1. The molecule has 0 unspecified atom stereocenters. The molecule has 27 nitrogen and oxygen atoms in total. The molecule has 3 amide bonds. The van der Waals surface area contributed by atoms with Crippen LogP contribution in [0.4, 0.5) is 31.8 Å². The number of nitrogens with zero attached hydrogens (tertiary/aromatic N) is 17. The third-order valence-electron chi connectivity index (χ3n) is 18.3. The molecule has 3 saturated heterocycles. The lowest BCUT2D eigenvalue weighted by Crippen LogP contribution is -2.57. The summed E-state index contributed by atoms with van der Waals surface area (Å²) in [7, 11) is 0. The minimum atomic E-state index is -0.462. The summed E-state index contributed by atoms with van der Waals surface area (Å²) in [5, 5.41) is 16.5. The van der Waals surface area contributed by atoms with Crippen LogP contribution in [0.15, 0.2) is 19.0 Å². The molecule has 6 aliphatic rings. The summed E-state index contributed by atoms with van der Waals surface area (Å²) in [5.41, 5.74) is 19.1. The molecular weight excluding hydrogens is 1540 g/mol. The highest BCUT2D eigenvalue weighted by atomic mass is 127. The number of rotatable bonds is 5. The van der Waals surface area contributed by atoms with Crippen LogP contribution in [0.25, 0.3) is 33.1 Å². The molecule has 94 heavy (non-hydrogen) atoms. The number of halogens is 3. The van der Waals surface area contributed by atoms with Gasteiger partial charge in [0.15, 0.2) is 16.9 Å². The number of piperazine rings is 2. The monoisotopic (exact) mass is 1640 g/mol. The summed E-state index contributed by atoms with van der Waals surface area (Å²) in [5.74, 6) is 1.78. The molecule has 3 aliphatic heterocycles. The first-order valence-electron chi connectivity index (χ1n) is 33.3. The number of anilines is 3. The molecule has 3 aliphatic carbocycles. The zero-order valence-corrected chi connectivity index (χ0v) is 63.2. The number of piperidine rings is 1. The minimum Gasteiger partial charge on any atom is -0.444 e. The molecule has 0 aromatic carbocycles. The minimum absolute atomic E-state index is 0.151. The Balaban J connectivity index is 0.000000155. The summed E-state index contributed by atoms with van der Waals surface area (Å²) >= 11 is 6.57. The molecule has 0 spiro atoms. The number of nitrogen functional groups attached to an aromatic ring is 3. The Bertz CT molecular complexity index is 3440. The molecule has 3 atom stereocenters. The van der Waals surface area contributed by atoms with E-state index in [-0.39, 0.29) is 42.0 Å². The van der Waals surface area contributed by atoms with E-state index in [1.807, 2.05) is 81.7 Å². The van der Waals surface area contributed by atoms with Gasteiger partial charge in [0.05, 0.1) is 34.3 Å². The van der Waals surface area contributed by atoms with Crippen molar-refractivity contribution >= 4 is 142 Å². The second-order valence-electron chi connectivity index (χ2n) is 28.8. The number of aromatic nitrogens is 12. The number of ketones is 1. The highest BCUT2D eigenvalue weighted by molar-refractivity contribution is 14.1. The summed E-state index contributed by atoms with van der Waals surface area (Å²) in [6.07, 6.45) is 18.9. The zero-order chi connectivity index (χ0) is 68.1. The van der Waals surface area contributed by atoms with Crippen LogP contribution in [0.1, 0.15) is 198 Å². The van der Waals surface area contributed by atoms with Gasteiger partial charge in [0.25, 0.3) is 0 Å². The van der Waals surface area contributed by atoms with Crippen molar-refractivity contribution in [2.45, 2.75) is 245 Å². The van der Waals surface area contributed by atoms with Crippen molar-refractivity contribution in [1.82, 2.24) is 83.7 Å². The molecule has 6 fully saturated rings. The van der Waals surface area contributed by atoms with Gasteiger partial charge in [-0.2, -0.15) is 15.3 Å². The van der Waals surface area contributed by atoms with Crippen LogP contribution in [0.5, 0.6) is 0 Å². The van der Waals surface area contributed by atoms with Crippen molar-refractivity contribution in [3.63, 3.8) is 0 Å². The van der Waals surface area contributed by atoms with Crippen LogP contribution in [0, 0.1) is 11.1 Å². The fourth-order valence-electron chi connectivity index (χ4n) is 13.6. The van der Waals surface area contributed by atoms with Crippen LogP contribution in [0.2, 0.25) is 0 Å². The number of nitrogens with two attached hydrogens (primary N) is 3. The number of amides is 3. The normalized spacial score (nSPS) is 23.8. The average Bonchev–Trinajstić information content (AvgIpc) is 1.63. The molecule has 9 heterocycles. The molecular formula is C64H97I3N20O7. The van der Waals surface area contributed by atoms with E-state index in [1.165, 1.54) is 25.4 Å². The molecule has 0 radical (unpaired) electrons. The van der Waals surface area contributed by atoms with Gasteiger partial charge in [-0.15, -0.1) is 0 Å². The van der Waals surface area contributed by atoms with E-state index in [4.69, 9.17) is 41.6 Å². The molecule has 30 heteroatoms. The van der Waals surface area contributed by atoms with Crippen molar-refractivity contribution in [3.05, 3.63) is 30.1 Å². The van der Waals surface area contributed by atoms with E-state index >= 15 is 0 Å². The quantitative estimate of drug-likeness (QED) is 0.107. The fraction of sp³-hybridized carbons (Fsp3) is 0.703. The molecule has 516 valence electrons. The lowest BCUT2D eigenvalue weighted by molar-refractivity contribution is -0.120. The Morgan fingerprint density at radius 1 is 0.426 bits per heavy atom. The number of ether oxygens (including phenoxy) is 3. The lowest BCUT2D eigenvalue weighted by atomic mass is 9.89. The average molecular weight is 1640 g/mol. The summed E-state index contributed by atoms with van der Waals surface area (Å²) < 4.78 is 25.0. The third-order valence-corrected chi connectivity index (χ3v) is 20.6. The molecule has 12 rings (SSSR count). The van der Waals surface area contributed by atoms with Gasteiger partial charge in [0, 0.05) is 88.9 Å². The van der Waals surface area contributed by atoms with E-state index in [9.17, 15) is 19.2 Å². The van der Waals surface area contributed by atoms with E-state index in [0.29, 0.717) is 79.4 Å². The molecule has 6 aromatic rings. The zero-order valence-electron chi connectivity index (χ0n) is 56.7. The van der Waals surface area contributed by atoms with Crippen LogP contribution in [-0.4, -0.2) is 201 Å². The number of likely N-dealkylation sites (tertiary alicyclic amines) is 1. The molecule has 6 aromatic heterocycles. The van der Waals surface area contributed by atoms with Crippen LogP contribution < -0.4 is 17.2 Å². The van der Waals surface area contributed by atoms with Crippen molar-refractivity contribution < 1.29 is 33.4 Å². The predicted molar refractivity (Wildman–Crippen MR) is 387 cm³/mol. The van der Waals surface area contributed by atoms with Crippen molar-refractivity contribution in [1.29, 1.82) is 0 Å². The maximum atomic E-state index is 12.5. The van der Waals surface area contributed by atoms with Crippen LogP contribution in [0.3, 0.4) is 0 Å². The van der Waals surface area contributed by atoms with Crippen molar-refractivity contribution in [2.75, 3.05) is 63.0 Å². The van der Waals surface area contributed by atoms with Gasteiger partial charge in [0.1, 0.15) is 70.1 Å². The lowest BCUT2D eigenvalue weighted by Gasteiger charge is -2.45. The van der Waals surface area contributed by atoms with E-state index in [1.54, 1.807) is 0 Å². The number of Topliss-reactive ketones (excluding diaryl/α,β-unsaturated/α-hetero) is 1. The predicted octanol–water partition coefficient (Wildman–Crippen LogP) is 11.4. The van der Waals surface area contributed by atoms with Gasteiger partial charge < -0.3 is 46.1 Å². The Morgan fingerprint density at radius 2 is 0.734 bits per heavy atom. The first kappa shape index (κ1) is 72.9. The molecule has 6 N–H and O–H groups in total. The SMILES string of the molecule is C[C@H]1CCCCN1C(=O)OC(C)(C)C.C[C@H]1CN(C2CCC(n3nc(I)c4c(N)ncnc43)CC2)CCN1C(=O)OC(C)(C)C.C[C@H]1CN(C2CCC(n3nc(I)c4c(N)ncnc43)CC2)CCN1C(=O)OC(C)(C)C.Nc1ncnc2c1c(I)nn2C1CCC(=O)CC1. The maximum absolute atomic E-state index is 12.5. The third kappa shape index (κ3) is 18.2. The van der Waals surface area contributed by atoms with Gasteiger partial charge in [-0.05, 0) is 234 Å². The maximum Gasteiger partial charge on any atom is 0.410 e. The van der Waals surface area contributed by atoms with Crippen LogP contribution in [-0.2, 0) is 19.0 Å². The van der Waals surface area contributed by atoms with Crippen LogP contribution >= 0.6 is 67.8 Å². The van der Waals surface area contributed by atoms with Gasteiger partial charge in [0.2, 0.25) is 0 Å². The largest absolute Gasteiger partial charge is 0.444 e. The van der Waals surface area contributed by atoms with Crippen molar-refractivity contribution in [2.24, 2.45) is 0 Å². The Hall–Kier alpha value is -5.36. The Kier molecular flexibility index (Phi) is 24.1.